The Balaban J connectivity index is 2.06. The van der Waals surface area contributed by atoms with Gasteiger partial charge in [-0.15, -0.1) is 0 Å². The van der Waals surface area contributed by atoms with Gasteiger partial charge in [0.1, 0.15) is 0 Å². The first kappa shape index (κ1) is 18.7. The van der Waals surface area contributed by atoms with Gasteiger partial charge >= 0.3 is 0 Å². The maximum atomic E-state index is 12.8. The Morgan fingerprint density at radius 1 is 1.11 bits per heavy atom. The molecule has 140 valence electrons. The minimum Gasteiger partial charge on any atom is -0.493 e. The highest BCUT2D eigenvalue weighted by molar-refractivity contribution is 7.71. The van der Waals surface area contributed by atoms with Crippen molar-refractivity contribution in [2.75, 3.05) is 33.2 Å². The fourth-order valence-corrected chi connectivity index (χ4v) is 2.86. The average molecular weight is 384 g/mol. The van der Waals surface area contributed by atoms with Crippen LogP contribution in [-0.4, -0.2) is 44.2 Å². The molecule has 7 nitrogen and oxygen atoms in total. The Kier molecular flexibility index (Phi) is 5.27. The Bertz CT molecular complexity index is 1110. The molecule has 0 aliphatic carbocycles. The number of anilines is 1. The Morgan fingerprint density at radius 2 is 1.74 bits per heavy atom. The summed E-state index contributed by atoms with van der Waals surface area (Å²) in [5.74, 6) is 0.972. The molecule has 0 atom stereocenters. The fourth-order valence-electron chi connectivity index (χ4n) is 2.62. The molecule has 0 aliphatic heterocycles. The lowest BCUT2D eigenvalue weighted by atomic mass is 10.2. The van der Waals surface area contributed by atoms with Gasteiger partial charge in [-0.2, -0.15) is 9.78 Å². The van der Waals surface area contributed by atoms with Gasteiger partial charge in [-0.1, -0.05) is 12.1 Å². The Morgan fingerprint density at radius 3 is 2.33 bits per heavy atom. The molecule has 3 rings (SSSR count). The topological polar surface area (TPSA) is 71.9 Å². The Labute approximate surface area is 161 Å². The van der Waals surface area contributed by atoms with Gasteiger partial charge in [0.25, 0.3) is 5.56 Å². The van der Waals surface area contributed by atoms with E-state index in [4.69, 9.17) is 21.7 Å². The number of methoxy groups -OCH3 is 2. The highest BCUT2D eigenvalue weighted by Gasteiger charge is 2.11. The van der Waals surface area contributed by atoms with Crippen LogP contribution in [0, 0.1) is 4.77 Å². The number of nitrogens with one attached hydrogen (secondary N) is 1. The summed E-state index contributed by atoms with van der Waals surface area (Å²) in [4.78, 5) is 17.9. The molecule has 1 N–H and O–H groups in total. The van der Waals surface area contributed by atoms with E-state index in [1.54, 1.807) is 18.3 Å². The molecule has 2 aromatic carbocycles. The van der Waals surface area contributed by atoms with Crippen molar-refractivity contribution in [1.29, 1.82) is 0 Å². The first-order valence-electron chi connectivity index (χ1n) is 8.17. The van der Waals surface area contributed by atoms with E-state index >= 15 is 0 Å². The van der Waals surface area contributed by atoms with Crippen molar-refractivity contribution in [3.8, 4) is 11.5 Å². The molecule has 27 heavy (non-hydrogen) atoms. The number of hydrogen-bond donors (Lipinski definition) is 1. The highest BCUT2D eigenvalue weighted by Crippen LogP contribution is 2.29. The van der Waals surface area contributed by atoms with Crippen molar-refractivity contribution in [3.05, 3.63) is 57.1 Å². The quantitative estimate of drug-likeness (QED) is 0.541. The molecule has 3 aromatic rings. The molecule has 0 saturated carbocycles. The standard InChI is InChI=1S/C19H20N4O3S/c1-22(2)13-7-5-12(6-8-13)11-20-23-18(24)14-9-16(25-3)17(26-4)10-15(14)21-19(23)27/h5-11H,1-4H3,(H,21,27)/b20-11+. The van der Waals surface area contributed by atoms with E-state index in [1.807, 2.05) is 43.3 Å². The van der Waals surface area contributed by atoms with E-state index in [2.05, 4.69) is 10.1 Å². The molecular formula is C19H20N4O3S. The van der Waals surface area contributed by atoms with Crippen LogP contribution < -0.4 is 19.9 Å². The van der Waals surface area contributed by atoms with Crippen LogP contribution in [0.15, 0.2) is 46.3 Å². The molecule has 0 unspecified atom stereocenters. The number of hydrogen-bond acceptors (Lipinski definition) is 6. The minimum absolute atomic E-state index is 0.195. The largest absolute Gasteiger partial charge is 0.493 e. The Hall–Kier alpha value is -3.13. The molecule has 0 radical (unpaired) electrons. The summed E-state index contributed by atoms with van der Waals surface area (Å²) in [6.07, 6.45) is 1.59. The van der Waals surface area contributed by atoms with E-state index in [0.29, 0.717) is 22.4 Å². The van der Waals surface area contributed by atoms with E-state index in [1.165, 1.54) is 14.2 Å². The molecule has 0 aliphatic rings. The molecule has 0 bridgehead atoms. The predicted octanol–water partition coefficient (Wildman–Crippen LogP) is 3.02. The maximum Gasteiger partial charge on any atom is 0.283 e. The zero-order valence-electron chi connectivity index (χ0n) is 15.5. The summed E-state index contributed by atoms with van der Waals surface area (Å²) in [6.45, 7) is 0. The zero-order valence-corrected chi connectivity index (χ0v) is 16.3. The van der Waals surface area contributed by atoms with E-state index < -0.39 is 0 Å². The summed E-state index contributed by atoms with van der Waals surface area (Å²) in [7, 11) is 6.99. The van der Waals surface area contributed by atoms with Crippen LogP contribution in [0.3, 0.4) is 0 Å². The van der Waals surface area contributed by atoms with Crippen molar-refractivity contribution in [1.82, 2.24) is 9.66 Å². The summed E-state index contributed by atoms with van der Waals surface area (Å²) >= 11 is 5.29. The van der Waals surface area contributed by atoms with E-state index in [0.717, 1.165) is 15.9 Å². The normalized spacial score (nSPS) is 11.1. The number of fused-ring (bicyclic) bond motifs is 1. The van der Waals surface area contributed by atoms with Crippen molar-refractivity contribution >= 4 is 35.0 Å². The van der Waals surface area contributed by atoms with Crippen LogP contribution in [0.25, 0.3) is 10.9 Å². The van der Waals surface area contributed by atoms with Gasteiger partial charge in [-0.3, -0.25) is 4.79 Å². The third-order valence-corrected chi connectivity index (χ3v) is 4.39. The summed E-state index contributed by atoms with van der Waals surface area (Å²) in [5.41, 5.74) is 2.16. The van der Waals surface area contributed by atoms with Gasteiger partial charge in [0.15, 0.2) is 11.5 Å². The number of aromatic amines is 1. The summed E-state index contributed by atoms with van der Waals surface area (Å²) in [6, 6.07) is 11.1. The van der Waals surface area contributed by atoms with Crippen molar-refractivity contribution in [2.45, 2.75) is 0 Å². The minimum atomic E-state index is -0.337. The van der Waals surface area contributed by atoms with Crippen molar-refractivity contribution in [3.63, 3.8) is 0 Å². The highest BCUT2D eigenvalue weighted by atomic mass is 32.1. The van der Waals surface area contributed by atoms with Crippen LogP contribution in [0.1, 0.15) is 5.56 Å². The smallest absolute Gasteiger partial charge is 0.283 e. The molecule has 8 heteroatoms. The molecular weight excluding hydrogens is 364 g/mol. The first-order chi connectivity index (χ1) is 12.9. The van der Waals surface area contributed by atoms with Crippen LogP contribution in [0.2, 0.25) is 0 Å². The lowest BCUT2D eigenvalue weighted by Gasteiger charge is -2.11. The van der Waals surface area contributed by atoms with Gasteiger partial charge in [0.2, 0.25) is 4.77 Å². The maximum absolute atomic E-state index is 12.8. The molecule has 0 spiro atoms. The molecule has 1 aromatic heterocycles. The number of ether oxygens (including phenoxy) is 2. The lowest BCUT2D eigenvalue weighted by molar-refractivity contribution is 0.355. The van der Waals surface area contributed by atoms with Crippen LogP contribution in [-0.2, 0) is 0 Å². The SMILES string of the molecule is COc1cc2[nH]c(=S)n(/N=C/c3ccc(N(C)C)cc3)c(=O)c2cc1OC. The van der Waals surface area contributed by atoms with E-state index in [9.17, 15) is 4.79 Å². The first-order valence-corrected chi connectivity index (χ1v) is 8.58. The second-order valence-corrected chi connectivity index (χ2v) is 6.42. The number of nitrogens with zero attached hydrogens (tertiary/aromatic N) is 3. The van der Waals surface area contributed by atoms with Gasteiger partial charge in [0.05, 0.1) is 31.3 Å². The van der Waals surface area contributed by atoms with Gasteiger partial charge in [-0.05, 0) is 36.0 Å². The number of rotatable bonds is 5. The second-order valence-electron chi connectivity index (χ2n) is 6.03. The third kappa shape index (κ3) is 3.70. The summed E-state index contributed by atoms with van der Waals surface area (Å²) < 4.78 is 11.9. The second kappa shape index (κ2) is 7.63. The fraction of sp³-hybridized carbons (Fsp3) is 0.211. The monoisotopic (exact) mass is 384 g/mol. The van der Waals surface area contributed by atoms with Crippen LogP contribution >= 0.6 is 12.2 Å². The number of benzene rings is 2. The van der Waals surface area contributed by atoms with Crippen molar-refractivity contribution in [2.24, 2.45) is 5.10 Å². The third-order valence-electron chi connectivity index (χ3n) is 4.11. The molecule has 0 amide bonds. The number of H-pyrrole nitrogens is 1. The van der Waals surface area contributed by atoms with Gasteiger partial charge < -0.3 is 19.4 Å². The van der Waals surface area contributed by atoms with Gasteiger partial charge in [0, 0.05) is 25.8 Å². The molecule has 0 saturated heterocycles. The van der Waals surface area contributed by atoms with Crippen LogP contribution in [0.4, 0.5) is 5.69 Å². The van der Waals surface area contributed by atoms with Crippen molar-refractivity contribution < 1.29 is 9.47 Å². The van der Waals surface area contributed by atoms with E-state index in [-0.39, 0.29) is 10.3 Å². The number of aromatic nitrogens is 2. The average Bonchev–Trinajstić information content (AvgIpc) is 2.67. The molecule has 1 heterocycles. The lowest BCUT2D eigenvalue weighted by Crippen LogP contribution is -2.19. The zero-order chi connectivity index (χ0) is 19.6. The van der Waals surface area contributed by atoms with Crippen LogP contribution in [0.5, 0.6) is 11.5 Å². The molecule has 0 fully saturated rings. The predicted molar refractivity (Wildman–Crippen MR) is 110 cm³/mol. The van der Waals surface area contributed by atoms with Gasteiger partial charge in [-0.25, -0.2) is 0 Å². The summed E-state index contributed by atoms with van der Waals surface area (Å²) in [5, 5.41) is 4.66.